The first kappa shape index (κ1) is 16.8. The van der Waals surface area contributed by atoms with E-state index in [0.717, 1.165) is 5.56 Å². The number of hydrogen-bond acceptors (Lipinski definition) is 6. The molecule has 2 heterocycles. The summed E-state index contributed by atoms with van der Waals surface area (Å²) in [7, 11) is 0. The van der Waals surface area contributed by atoms with Gasteiger partial charge in [0.1, 0.15) is 17.1 Å². The van der Waals surface area contributed by atoms with Crippen molar-refractivity contribution >= 4 is 28.8 Å². The van der Waals surface area contributed by atoms with Crippen LogP contribution in [0, 0.1) is 6.92 Å². The number of ketones is 1. The lowest BCUT2D eigenvalue weighted by molar-refractivity contribution is -0.131. The zero-order valence-electron chi connectivity index (χ0n) is 14.6. The van der Waals surface area contributed by atoms with Crippen molar-refractivity contribution in [2.24, 2.45) is 0 Å². The summed E-state index contributed by atoms with van der Waals surface area (Å²) in [5, 5.41) is 0.692. The Balaban J connectivity index is 1.73. The second-order valence-electron chi connectivity index (χ2n) is 6.17. The molecule has 0 spiro atoms. The zero-order chi connectivity index (χ0) is 19.1. The van der Waals surface area contributed by atoms with Gasteiger partial charge in [0.15, 0.2) is 11.3 Å². The number of benzene rings is 2. The lowest BCUT2D eigenvalue weighted by Crippen LogP contribution is -2.02. The average molecular weight is 362 g/mol. The van der Waals surface area contributed by atoms with Crippen LogP contribution in [-0.4, -0.2) is 11.8 Å². The molecule has 1 aliphatic heterocycles. The third-order valence-corrected chi connectivity index (χ3v) is 4.19. The minimum atomic E-state index is -0.514. The summed E-state index contributed by atoms with van der Waals surface area (Å²) in [4.78, 5) is 35.5. The van der Waals surface area contributed by atoms with Crippen molar-refractivity contribution in [2.75, 3.05) is 0 Å². The number of aryl methyl sites for hydroxylation is 1. The highest BCUT2D eigenvalue weighted by Crippen LogP contribution is 2.37. The molecular formula is C21H14O6. The molecule has 27 heavy (non-hydrogen) atoms. The molecule has 6 nitrogen and oxygen atoms in total. The van der Waals surface area contributed by atoms with E-state index in [1.54, 1.807) is 49.4 Å². The first-order valence-corrected chi connectivity index (χ1v) is 8.22. The largest absolute Gasteiger partial charge is 0.452 e. The minimum absolute atomic E-state index is 0.127. The Morgan fingerprint density at radius 1 is 1.07 bits per heavy atom. The van der Waals surface area contributed by atoms with Crippen LogP contribution in [0.1, 0.15) is 28.4 Å². The summed E-state index contributed by atoms with van der Waals surface area (Å²) in [5.41, 5.74) is 1.39. The predicted molar refractivity (Wildman–Crippen MR) is 97.9 cm³/mol. The summed E-state index contributed by atoms with van der Waals surface area (Å²) in [6, 6.07) is 11.5. The van der Waals surface area contributed by atoms with Gasteiger partial charge < -0.3 is 13.9 Å². The molecule has 0 bridgehead atoms. The maximum absolute atomic E-state index is 12.8. The van der Waals surface area contributed by atoms with Crippen LogP contribution < -0.4 is 15.1 Å². The summed E-state index contributed by atoms with van der Waals surface area (Å²) >= 11 is 0. The van der Waals surface area contributed by atoms with E-state index < -0.39 is 11.6 Å². The van der Waals surface area contributed by atoms with Crippen LogP contribution in [0.15, 0.2) is 57.4 Å². The molecule has 2 aromatic carbocycles. The SMILES string of the molecule is CC(=O)Oc1ccc(/C=C2\Oc3ccc4c(C)cc(=O)oc4c3C2=O)cc1. The third-order valence-electron chi connectivity index (χ3n) is 4.19. The highest BCUT2D eigenvalue weighted by Gasteiger charge is 2.31. The van der Waals surface area contributed by atoms with Crippen molar-refractivity contribution in [3.8, 4) is 11.5 Å². The Morgan fingerprint density at radius 2 is 1.81 bits per heavy atom. The molecule has 6 heteroatoms. The zero-order valence-corrected chi connectivity index (χ0v) is 14.6. The smallest absolute Gasteiger partial charge is 0.336 e. The number of allylic oxidation sites excluding steroid dienone is 1. The van der Waals surface area contributed by atoms with Crippen LogP contribution in [-0.2, 0) is 4.79 Å². The van der Waals surface area contributed by atoms with Crippen LogP contribution in [0.4, 0.5) is 0 Å². The van der Waals surface area contributed by atoms with E-state index in [0.29, 0.717) is 22.4 Å². The van der Waals surface area contributed by atoms with Crippen LogP contribution in [0.3, 0.4) is 0 Å². The van der Waals surface area contributed by atoms with Crippen LogP contribution >= 0.6 is 0 Å². The van der Waals surface area contributed by atoms with Gasteiger partial charge >= 0.3 is 11.6 Å². The van der Waals surface area contributed by atoms with Crippen molar-refractivity contribution in [1.82, 2.24) is 0 Å². The van der Waals surface area contributed by atoms with E-state index >= 15 is 0 Å². The van der Waals surface area contributed by atoms with E-state index in [2.05, 4.69) is 0 Å². The Labute approximate surface area is 153 Å². The van der Waals surface area contributed by atoms with Gasteiger partial charge in [-0.3, -0.25) is 9.59 Å². The number of carbonyl (C=O) groups is 2. The molecule has 0 saturated carbocycles. The van der Waals surface area contributed by atoms with E-state index in [9.17, 15) is 14.4 Å². The van der Waals surface area contributed by atoms with Crippen molar-refractivity contribution < 1.29 is 23.5 Å². The first-order chi connectivity index (χ1) is 12.9. The Hall–Kier alpha value is -3.67. The van der Waals surface area contributed by atoms with Gasteiger partial charge in [0.25, 0.3) is 0 Å². The van der Waals surface area contributed by atoms with E-state index in [4.69, 9.17) is 13.9 Å². The highest BCUT2D eigenvalue weighted by atomic mass is 16.5. The number of esters is 1. The second-order valence-corrected chi connectivity index (χ2v) is 6.17. The predicted octanol–water partition coefficient (Wildman–Crippen LogP) is 3.64. The van der Waals surface area contributed by atoms with E-state index in [-0.39, 0.29) is 22.7 Å². The molecule has 3 aromatic rings. The molecule has 0 aliphatic carbocycles. The van der Waals surface area contributed by atoms with Gasteiger partial charge in [0.2, 0.25) is 5.78 Å². The van der Waals surface area contributed by atoms with Gasteiger partial charge in [-0.25, -0.2) is 4.79 Å². The Kier molecular flexibility index (Phi) is 3.88. The van der Waals surface area contributed by atoms with Gasteiger partial charge in [-0.15, -0.1) is 0 Å². The summed E-state index contributed by atoms with van der Waals surface area (Å²) in [5.74, 6) is 0.128. The molecule has 4 rings (SSSR count). The minimum Gasteiger partial charge on any atom is -0.452 e. The van der Waals surface area contributed by atoms with Gasteiger partial charge in [-0.05, 0) is 48.4 Å². The standard InChI is InChI=1S/C21H14O6/c1-11-9-18(23)27-21-15(11)7-8-16-19(21)20(24)17(26-16)10-13-3-5-14(6-4-13)25-12(2)22/h3-10H,1-2H3/b17-10-. The molecule has 0 unspecified atom stereocenters. The van der Waals surface area contributed by atoms with E-state index in [1.165, 1.54) is 13.0 Å². The molecule has 134 valence electrons. The topological polar surface area (TPSA) is 82.8 Å². The monoisotopic (exact) mass is 362 g/mol. The van der Waals surface area contributed by atoms with Crippen molar-refractivity contribution in [3.05, 3.63) is 75.3 Å². The molecule has 1 aliphatic rings. The maximum Gasteiger partial charge on any atom is 0.336 e. The number of ether oxygens (including phenoxy) is 2. The van der Waals surface area contributed by atoms with Gasteiger partial charge in [-0.2, -0.15) is 0 Å². The summed E-state index contributed by atoms with van der Waals surface area (Å²) in [6.45, 7) is 3.11. The highest BCUT2D eigenvalue weighted by molar-refractivity contribution is 6.20. The fourth-order valence-electron chi connectivity index (χ4n) is 3.00. The van der Waals surface area contributed by atoms with Crippen molar-refractivity contribution in [3.63, 3.8) is 0 Å². The molecule has 1 aromatic heterocycles. The third kappa shape index (κ3) is 3.01. The number of fused-ring (bicyclic) bond motifs is 3. The quantitative estimate of drug-likeness (QED) is 0.300. The lowest BCUT2D eigenvalue weighted by atomic mass is 10.0. The van der Waals surface area contributed by atoms with Crippen molar-refractivity contribution in [2.45, 2.75) is 13.8 Å². The number of rotatable bonds is 2. The summed E-state index contributed by atoms with van der Waals surface area (Å²) in [6.07, 6.45) is 1.58. The molecule has 0 fully saturated rings. The summed E-state index contributed by atoms with van der Waals surface area (Å²) < 4.78 is 15.9. The van der Waals surface area contributed by atoms with Crippen molar-refractivity contribution in [1.29, 1.82) is 0 Å². The first-order valence-electron chi connectivity index (χ1n) is 8.22. The number of hydrogen-bond donors (Lipinski definition) is 0. The van der Waals surface area contributed by atoms with E-state index in [1.807, 2.05) is 0 Å². The average Bonchev–Trinajstić information content (AvgIpc) is 2.92. The molecular weight excluding hydrogens is 348 g/mol. The molecule has 0 saturated heterocycles. The van der Waals surface area contributed by atoms with Crippen LogP contribution in [0.2, 0.25) is 0 Å². The fraction of sp³-hybridized carbons (Fsp3) is 0.0952. The fourth-order valence-corrected chi connectivity index (χ4v) is 3.00. The normalized spacial score (nSPS) is 14.3. The number of carbonyl (C=O) groups excluding carboxylic acids is 2. The molecule has 0 radical (unpaired) electrons. The molecule has 0 atom stereocenters. The molecule has 0 N–H and O–H groups in total. The number of Topliss-reactive ketones (excluding diaryl/α,β-unsaturated/α-hetero) is 1. The Morgan fingerprint density at radius 3 is 2.52 bits per heavy atom. The van der Waals surface area contributed by atoms with Gasteiger partial charge in [-0.1, -0.05) is 12.1 Å². The molecule has 0 amide bonds. The van der Waals surface area contributed by atoms with Gasteiger partial charge in [0.05, 0.1) is 0 Å². The lowest BCUT2D eigenvalue weighted by Gasteiger charge is -2.03. The van der Waals surface area contributed by atoms with Gasteiger partial charge in [0, 0.05) is 18.4 Å². The van der Waals surface area contributed by atoms with Crippen LogP contribution in [0.5, 0.6) is 11.5 Å². The van der Waals surface area contributed by atoms with Crippen LogP contribution in [0.25, 0.3) is 17.0 Å². The maximum atomic E-state index is 12.8. The Bertz CT molecular complexity index is 1180. The second kappa shape index (κ2) is 6.25.